The van der Waals surface area contributed by atoms with Gasteiger partial charge in [0.25, 0.3) is 0 Å². The molecule has 0 aliphatic rings. The Bertz CT molecular complexity index is 339. The van der Waals surface area contributed by atoms with Crippen LogP contribution in [0.25, 0.3) is 0 Å². The average molecular weight is 193 g/mol. The van der Waals surface area contributed by atoms with Gasteiger partial charge in [-0.25, -0.2) is 0 Å². The number of hydrogen-bond acceptors (Lipinski definition) is 4. The molecule has 0 radical (unpaired) electrons. The zero-order valence-electron chi connectivity index (χ0n) is 8.14. The first-order valence-corrected chi connectivity index (χ1v) is 4.20. The summed E-state index contributed by atoms with van der Waals surface area (Å²) in [5.41, 5.74) is 1.70. The van der Waals surface area contributed by atoms with Crippen molar-refractivity contribution in [2.75, 3.05) is 7.11 Å². The molecule has 0 spiro atoms. The van der Waals surface area contributed by atoms with Crippen LogP contribution in [0.5, 0.6) is 0 Å². The maximum atomic E-state index is 9.08. The second-order valence-electron chi connectivity index (χ2n) is 2.82. The highest BCUT2D eigenvalue weighted by Gasteiger charge is 2.16. The second-order valence-corrected chi connectivity index (χ2v) is 2.82. The van der Waals surface area contributed by atoms with Crippen molar-refractivity contribution >= 4 is 18.3 Å². The van der Waals surface area contributed by atoms with E-state index in [2.05, 4.69) is 9.99 Å². The van der Waals surface area contributed by atoms with Gasteiger partial charge in [-0.2, -0.15) is 0 Å². The Balaban J connectivity index is 3.13. The van der Waals surface area contributed by atoms with Crippen molar-refractivity contribution in [2.24, 2.45) is 5.16 Å². The second kappa shape index (κ2) is 4.78. The fourth-order valence-corrected chi connectivity index (χ4v) is 1.24. The fourth-order valence-electron chi connectivity index (χ4n) is 1.24. The van der Waals surface area contributed by atoms with Crippen LogP contribution in [0.2, 0.25) is 0 Å². The fraction of sp³-hybridized carbons (Fsp3) is 0.222. The van der Waals surface area contributed by atoms with E-state index in [-0.39, 0.29) is 0 Å². The third-order valence-corrected chi connectivity index (χ3v) is 1.86. The molecule has 0 aromatic heterocycles. The molecule has 0 saturated carbocycles. The normalized spacial score (nSPS) is 11.3. The van der Waals surface area contributed by atoms with Gasteiger partial charge in [0.15, 0.2) is 0 Å². The molecule has 0 amide bonds. The van der Waals surface area contributed by atoms with Crippen molar-refractivity contribution < 1.29 is 14.9 Å². The molecule has 0 fully saturated rings. The van der Waals surface area contributed by atoms with Crippen molar-refractivity contribution in [1.82, 2.24) is 0 Å². The van der Waals surface area contributed by atoms with Gasteiger partial charge < -0.3 is 14.9 Å². The average Bonchev–Trinajstić information content (AvgIpc) is 2.18. The SMILES string of the molecule is CO/N=C(/C)c1ccccc1B(O)O. The largest absolute Gasteiger partial charge is 0.489 e. The third-order valence-electron chi connectivity index (χ3n) is 1.86. The Morgan fingerprint density at radius 2 is 2.00 bits per heavy atom. The number of nitrogens with zero attached hydrogens (tertiary/aromatic N) is 1. The Morgan fingerprint density at radius 3 is 2.57 bits per heavy atom. The summed E-state index contributed by atoms with van der Waals surface area (Å²) in [6.45, 7) is 1.74. The summed E-state index contributed by atoms with van der Waals surface area (Å²) in [5.74, 6) is 0. The molecule has 1 rings (SSSR count). The molecule has 2 N–H and O–H groups in total. The zero-order valence-corrected chi connectivity index (χ0v) is 8.14. The van der Waals surface area contributed by atoms with Gasteiger partial charge in [-0.3, -0.25) is 0 Å². The van der Waals surface area contributed by atoms with Crippen molar-refractivity contribution in [3.8, 4) is 0 Å². The third kappa shape index (κ3) is 2.34. The molecule has 4 nitrogen and oxygen atoms in total. The van der Waals surface area contributed by atoms with Crippen LogP contribution in [0.1, 0.15) is 12.5 Å². The Labute approximate surface area is 83.0 Å². The molecule has 14 heavy (non-hydrogen) atoms. The first-order valence-electron chi connectivity index (χ1n) is 4.20. The van der Waals surface area contributed by atoms with E-state index in [1.165, 1.54) is 7.11 Å². The van der Waals surface area contributed by atoms with Crippen LogP contribution < -0.4 is 5.46 Å². The molecule has 0 unspecified atom stereocenters. The minimum Gasteiger partial charge on any atom is -0.423 e. The molecular weight excluding hydrogens is 181 g/mol. The predicted octanol–water partition coefficient (Wildman–Crippen LogP) is -0.263. The van der Waals surface area contributed by atoms with Crippen molar-refractivity contribution in [3.63, 3.8) is 0 Å². The molecule has 74 valence electrons. The predicted molar refractivity (Wildman–Crippen MR) is 55.5 cm³/mol. The van der Waals surface area contributed by atoms with Crippen LogP contribution in [0.3, 0.4) is 0 Å². The lowest BCUT2D eigenvalue weighted by molar-refractivity contribution is 0.213. The van der Waals surface area contributed by atoms with Crippen LogP contribution >= 0.6 is 0 Å². The van der Waals surface area contributed by atoms with E-state index < -0.39 is 7.12 Å². The molecule has 0 aliphatic carbocycles. The van der Waals surface area contributed by atoms with Gasteiger partial charge in [0, 0.05) is 0 Å². The number of hydrogen-bond donors (Lipinski definition) is 2. The molecule has 1 aromatic rings. The Kier molecular flexibility index (Phi) is 3.68. The summed E-state index contributed by atoms with van der Waals surface area (Å²) in [7, 11) is -0.0465. The minimum atomic E-state index is -1.49. The molecule has 5 heteroatoms. The summed E-state index contributed by atoms with van der Waals surface area (Å²) in [4.78, 5) is 4.62. The standard InChI is InChI=1S/C9H12BNO3/c1-7(11-14-2)8-5-3-4-6-9(8)10(12)13/h3-6,12-13H,1-2H3/b11-7-. The van der Waals surface area contributed by atoms with Gasteiger partial charge in [0.2, 0.25) is 0 Å². The highest BCUT2D eigenvalue weighted by molar-refractivity contribution is 6.60. The maximum absolute atomic E-state index is 9.08. The zero-order chi connectivity index (χ0) is 10.6. The highest BCUT2D eigenvalue weighted by Crippen LogP contribution is 1.99. The van der Waals surface area contributed by atoms with E-state index in [4.69, 9.17) is 10.0 Å². The van der Waals surface area contributed by atoms with E-state index in [1.54, 1.807) is 31.2 Å². The summed E-state index contributed by atoms with van der Waals surface area (Å²) in [6, 6.07) is 6.93. The monoisotopic (exact) mass is 193 g/mol. The van der Waals surface area contributed by atoms with E-state index >= 15 is 0 Å². The van der Waals surface area contributed by atoms with Crippen LogP contribution in [-0.4, -0.2) is 30.0 Å². The summed E-state index contributed by atoms with van der Waals surface area (Å²) in [6.07, 6.45) is 0. The Morgan fingerprint density at radius 1 is 1.36 bits per heavy atom. The first-order chi connectivity index (χ1) is 6.66. The minimum absolute atomic E-state index is 0.422. The highest BCUT2D eigenvalue weighted by atomic mass is 16.6. The molecule has 1 aromatic carbocycles. The lowest BCUT2D eigenvalue weighted by atomic mass is 9.76. The van der Waals surface area contributed by atoms with Gasteiger partial charge in [-0.05, 0) is 17.9 Å². The lowest BCUT2D eigenvalue weighted by Gasteiger charge is -2.06. The number of oxime groups is 1. The van der Waals surface area contributed by atoms with Gasteiger partial charge >= 0.3 is 7.12 Å². The summed E-state index contributed by atoms with van der Waals surface area (Å²) >= 11 is 0. The van der Waals surface area contributed by atoms with Gasteiger partial charge in [-0.15, -0.1) is 0 Å². The quantitative estimate of drug-likeness (QED) is 0.394. The van der Waals surface area contributed by atoms with E-state index in [1.807, 2.05) is 0 Å². The van der Waals surface area contributed by atoms with Gasteiger partial charge in [0.1, 0.15) is 7.11 Å². The molecule has 0 saturated heterocycles. The van der Waals surface area contributed by atoms with E-state index in [0.29, 0.717) is 16.7 Å². The van der Waals surface area contributed by atoms with E-state index in [0.717, 1.165) is 0 Å². The molecule has 0 heterocycles. The molecule has 0 aliphatic heterocycles. The topological polar surface area (TPSA) is 62.0 Å². The number of rotatable bonds is 3. The van der Waals surface area contributed by atoms with Crippen molar-refractivity contribution in [2.45, 2.75) is 6.92 Å². The summed E-state index contributed by atoms with van der Waals surface area (Å²) < 4.78 is 0. The molecule has 0 bridgehead atoms. The van der Waals surface area contributed by atoms with Crippen LogP contribution in [-0.2, 0) is 4.84 Å². The van der Waals surface area contributed by atoms with E-state index in [9.17, 15) is 0 Å². The van der Waals surface area contributed by atoms with Crippen LogP contribution in [0.4, 0.5) is 0 Å². The Hall–Kier alpha value is -1.33. The van der Waals surface area contributed by atoms with Crippen molar-refractivity contribution in [3.05, 3.63) is 29.8 Å². The van der Waals surface area contributed by atoms with Crippen LogP contribution in [0, 0.1) is 0 Å². The molecular formula is C9H12BNO3. The van der Waals surface area contributed by atoms with Crippen molar-refractivity contribution in [1.29, 1.82) is 0 Å². The first kappa shape index (κ1) is 10.8. The lowest BCUT2D eigenvalue weighted by Crippen LogP contribution is -2.34. The van der Waals surface area contributed by atoms with Gasteiger partial charge in [-0.1, -0.05) is 29.4 Å². The molecule has 0 atom stereocenters. The maximum Gasteiger partial charge on any atom is 0.489 e. The van der Waals surface area contributed by atoms with Crippen LogP contribution in [0.15, 0.2) is 29.4 Å². The number of benzene rings is 1. The summed E-state index contributed by atoms with van der Waals surface area (Å²) in [5, 5.41) is 21.9. The smallest absolute Gasteiger partial charge is 0.423 e. The van der Waals surface area contributed by atoms with Gasteiger partial charge in [0.05, 0.1) is 5.71 Å².